The van der Waals surface area contributed by atoms with Crippen molar-refractivity contribution in [2.24, 2.45) is 10.8 Å². The fraction of sp³-hybridized carbons (Fsp3) is 1.00. The summed E-state index contributed by atoms with van der Waals surface area (Å²) in [6, 6.07) is 0. The van der Waals surface area contributed by atoms with Crippen LogP contribution in [0.1, 0.15) is 53.4 Å². The number of aliphatic hydroxyl groups is 1. The van der Waals surface area contributed by atoms with E-state index >= 15 is 0 Å². The zero-order chi connectivity index (χ0) is 9.41. The fourth-order valence-electron chi connectivity index (χ4n) is 2.75. The maximum Gasteiger partial charge on any atom is 0.0545 e. The van der Waals surface area contributed by atoms with E-state index in [4.69, 9.17) is 0 Å². The topological polar surface area (TPSA) is 20.2 Å². The summed E-state index contributed by atoms with van der Waals surface area (Å²) in [4.78, 5) is 0. The van der Waals surface area contributed by atoms with E-state index in [1.54, 1.807) is 0 Å². The highest BCUT2D eigenvalue weighted by atomic mass is 16.3. The minimum atomic E-state index is -0.0678. The molecule has 1 rings (SSSR count). The Morgan fingerprint density at radius 2 is 1.67 bits per heavy atom. The lowest BCUT2D eigenvalue weighted by molar-refractivity contribution is 0.115. The highest BCUT2D eigenvalue weighted by molar-refractivity contribution is 4.85. The monoisotopic (exact) mass is 170 g/mol. The third kappa shape index (κ3) is 2.78. The molecule has 1 unspecified atom stereocenters. The molecule has 12 heavy (non-hydrogen) atoms. The zero-order valence-electron chi connectivity index (χ0n) is 8.85. The first-order valence-electron chi connectivity index (χ1n) is 4.99. The van der Waals surface area contributed by atoms with Crippen LogP contribution in [0.2, 0.25) is 0 Å². The second kappa shape index (κ2) is 3.02. The molecule has 1 saturated carbocycles. The van der Waals surface area contributed by atoms with Crippen molar-refractivity contribution < 1.29 is 5.11 Å². The average Bonchev–Trinajstić information content (AvgIpc) is 1.86. The van der Waals surface area contributed by atoms with Gasteiger partial charge in [0.25, 0.3) is 0 Å². The average molecular weight is 170 g/mol. The largest absolute Gasteiger partial charge is 0.393 e. The summed E-state index contributed by atoms with van der Waals surface area (Å²) < 4.78 is 0. The van der Waals surface area contributed by atoms with Crippen molar-refractivity contribution in [2.45, 2.75) is 59.5 Å². The molecule has 1 aliphatic rings. The lowest BCUT2D eigenvalue weighted by atomic mass is 9.74. The molecule has 0 aromatic heterocycles. The molecular weight excluding hydrogens is 148 g/mol. The molecule has 1 atom stereocenters. The van der Waals surface area contributed by atoms with E-state index in [1.165, 1.54) is 6.42 Å². The third-order valence-corrected chi connectivity index (χ3v) is 2.90. The Morgan fingerprint density at radius 3 is 2.25 bits per heavy atom. The summed E-state index contributed by atoms with van der Waals surface area (Å²) in [5.41, 5.74) is 0.737. The Kier molecular flexibility index (Phi) is 2.53. The maximum atomic E-state index is 9.66. The quantitative estimate of drug-likeness (QED) is 0.554. The molecule has 0 spiro atoms. The van der Waals surface area contributed by atoms with Crippen LogP contribution in [0, 0.1) is 10.8 Å². The van der Waals surface area contributed by atoms with Gasteiger partial charge in [-0.2, -0.15) is 0 Å². The van der Waals surface area contributed by atoms with Crippen LogP contribution < -0.4 is 0 Å². The van der Waals surface area contributed by atoms with Crippen LogP contribution in [-0.4, -0.2) is 11.2 Å². The van der Waals surface area contributed by atoms with E-state index in [2.05, 4.69) is 27.7 Å². The molecule has 0 aliphatic heterocycles. The van der Waals surface area contributed by atoms with E-state index in [1.807, 2.05) is 0 Å². The van der Waals surface area contributed by atoms with E-state index in [-0.39, 0.29) is 6.10 Å². The van der Waals surface area contributed by atoms with Gasteiger partial charge in [-0.05, 0) is 36.5 Å². The highest BCUT2D eigenvalue weighted by Crippen LogP contribution is 2.43. The fourth-order valence-corrected chi connectivity index (χ4v) is 2.75. The van der Waals surface area contributed by atoms with Gasteiger partial charge >= 0.3 is 0 Å². The van der Waals surface area contributed by atoms with Gasteiger partial charge in [0.15, 0.2) is 0 Å². The normalized spacial score (nSPS) is 34.2. The Balaban J connectivity index is 2.69. The van der Waals surface area contributed by atoms with Gasteiger partial charge in [-0.15, -0.1) is 0 Å². The molecule has 1 nitrogen and oxygen atoms in total. The molecule has 0 aromatic rings. The van der Waals surface area contributed by atoms with Crippen LogP contribution in [0.5, 0.6) is 0 Å². The second-order valence-electron chi connectivity index (χ2n) is 5.90. The molecule has 1 heteroatoms. The van der Waals surface area contributed by atoms with Gasteiger partial charge in [0.05, 0.1) is 6.10 Å². The molecule has 1 aliphatic carbocycles. The van der Waals surface area contributed by atoms with Crippen molar-refractivity contribution in [3.05, 3.63) is 0 Å². The SMILES string of the molecule is CC1(C)CCC(O)CC(C)(C)C1. The van der Waals surface area contributed by atoms with Crippen molar-refractivity contribution in [1.82, 2.24) is 0 Å². The van der Waals surface area contributed by atoms with Crippen LogP contribution in [-0.2, 0) is 0 Å². The Labute approximate surface area is 76.2 Å². The molecule has 0 aromatic carbocycles. The van der Waals surface area contributed by atoms with Gasteiger partial charge in [-0.25, -0.2) is 0 Å². The predicted octanol–water partition coefficient (Wildman–Crippen LogP) is 2.97. The molecule has 0 heterocycles. The Morgan fingerprint density at radius 1 is 1.08 bits per heavy atom. The van der Waals surface area contributed by atoms with Crippen LogP contribution in [0.3, 0.4) is 0 Å². The Hall–Kier alpha value is -0.0400. The summed E-state index contributed by atoms with van der Waals surface area (Å²) in [6.07, 6.45) is 4.28. The van der Waals surface area contributed by atoms with Crippen LogP contribution in [0.15, 0.2) is 0 Å². The lowest BCUT2D eigenvalue weighted by Crippen LogP contribution is -2.21. The maximum absolute atomic E-state index is 9.66. The van der Waals surface area contributed by atoms with Gasteiger partial charge in [0, 0.05) is 0 Å². The van der Waals surface area contributed by atoms with Crippen LogP contribution in [0.25, 0.3) is 0 Å². The first-order valence-corrected chi connectivity index (χ1v) is 4.99. The number of hydrogen-bond donors (Lipinski definition) is 1. The summed E-state index contributed by atoms with van der Waals surface area (Å²) in [5, 5.41) is 9.66. The van der Waals surface area contributed by atoms with E-state index < -0.39 is 0 Å². The molecule has 1 N–H and O–H groups in total. The van der Waals surface area contributed by atoms with Crippen molar-refractivity contribution in [1.29, 1.82) is 0 Å². The molecule has 1 fully saturated rings. The highest BCUT2D eigenvalue weighted by Gasteiger charge is 2.34. The summed E-state index contributed by atoms with van der Waals surface area (Å²) in [6.45, 7) is 9.16. The van der Waals surface area contributed by atoms with Crippen molar-refractivity contribution >= 4 is 0 Å². The van der Waals surface area contributed by atoms with Crippen LogP contribution in [0.4, 0.5) is 0 Å². The van der Waals surface area contributed by atoms with Gasteiger partial charge in [-0.3, -0.25) is 0 Å². The van der Waals surface area contributed by atoms with Gasteiger partial charge in [-0.1, -0.05) is 27.7 Å². The summed E-state index contributed by atoms with van der Waals surface area (Å²) >= 11 is 0. The minimum absolute atomic E-state index is 0.0678. The van der Waals surface area contributed by atoms with Crippen molar-refractivity contribution in [3.63, 3.8) is 0 Å². The summed E-state index contributed by atoms with van der Waals surface area (Å²) in [5.74, 6) is 0. The summed E-state index contributed by atoms with van der Waals surface area (Å²) in [7, 11) is 0. The second-order valence-corrected chi connectivity index (χ2v) is 5.90. The molecule has 0 saturated heterocycles. The molecule has 0 amide bonds. The standard InChI is InChI=1S/C11H22O/c1-10(2)6-5-9(12)7-11(3,4)8-10/h9,12H,5-8H2,1-4H3. The van der Waals surface area contributed by atoms with Crippen molar-refractivity contribution in [2.75, 3.05) is 0 Å². The van der Waals surface area contributed by atoms with Gasteiger partial charge in [0.2, 0.25) is 0 Å². The molecule has 0 bridgehead atoms. The molecule has 72 valence electrons. The predicted molar refractivity (Wildman–Crippen MR) is 52.0 cm³/mol. The number of hydrogen-bond acceptors (Lipinski definition) is 1. The lowest BCUT2D eigenvalue weighted by Gasteiger charge is -2.31. The van der Waals surface area contributed by atoms with Gasteiger partial charge < -0.3 is 5.11 Å². The third-order valence-electron chi connectivity index (χ3n) is 2.90. The van der Waals surface area contributed by atoms with E-state index in [0.29, 0.717) is 10.8 Å². The molecule has 0 radical (unpaired) electrons. The Bertz CT molecular complexity index is 158. The first kappa shape index (κ1) is 10.0. The van der Waals surface area contributed by atoms with Gasteiger partial charge in [0.1, 0.15) is 0 Å². The molecular formula is C11H22O. The number of aliphatic hydroxyl groups excluding tert-OH is 1. The van der Waals surface area contributed by atoms with Crippen molar-refractivity contribution in [3.8, 4) is 0 Å². The first-order chi connectivity index (χ1) is 5.31. The van der Waals surface area contributed by atoms with E-state index in [9.17, 15) is 5.11 Å². The van der Waals surface area contributed by atoms with E-state index in [0.717, 1.165) is 19.3 Å². The number of rotatable bonds is 0. The van der Waals surface area contributed by atoms with Crippen LogP contribution >= 0.6 is 0 Å². The minimum Gasteiger partial charge on any atom is -0.393 e. The zero-order valence-corrected chi connectivity index (χ0v) is 8.85. The smallest absolute Gasteiger partial charge is 0.0545 e.